The Bertz CT molecular complexity index is 556. The van der Waals surface area contributed by atoms with Crippen LogP contribution in [0.3, 0.4) is 0 Å². The molecule has 0 bridgehead atoms. The molecule has 2 rings (SSSR count). The maximum absolute atomic E-state index is 10.3. The van der Waals surface area contributed by atoms with E-state index in [1.807, 2.05) is 55.4 Å². The minimum atomic E-state index is -0.482. The molecule has 0 radical (unpaired) electrons. The van der Waals surface area contributed by atoms with Crippen molar-refractivity contribution < 1.29 is 5.11 Å². The fourth-order valence-electron chi connectivity index (χ4n) is 2.15. The molecule has 1 unspecified atom stereocenters. The van der Waals surface area contributed by atoms with Crippen LogP contribution in [0.5, 0.6) is 0 Å². The number of benzene rings is 1. The van der Waals surface area contributed by atoms with Crippen molar-refractivity contribution in [2.24, 2.45) is 7.05 Å². The highest BCUT2D eigenvalue weighted by molar-refractivity contribution is 9.10. The Morgan fingerprint density at radius 3 is 2.80 bits per heavy atom. The normalized spacial score (nSPS) is 12.8. The molecule has 0 amide bonds. The Morgan fingerprint density at radius 1 is 1.40 bits per heavy atom. The molecule has 20 heavy (non-hydrogen) atoms. The first kappa shape index (κ1) is 15.2. The Hall–Kier alpha value is -1.17. The molecule has 5 heteroatoms. The first-order valence-corrected chi connectivity index (χ1v) is 7.44. The van der Waals surface area contributed by atoms with E-state index >= 15 is 0 Å². The summed E-state index contributed by atoms with van der Waals surface area (Å²) in [5, 5.41) is 14.4. The zero-order valence-corrected chi connectivity index (χ0v) is 13.4. The summed E-state index contributed by atoms with van der Waals surface area (Å²) in [5.74, 6) is 0. The minimum Gasteiger partial charge on any atom is -0.387 e. The van der Waals surface area contributed by atoms with Crippen molar-refractivity contribution >= 4 is 15.9 Å². The summed E-state index contributed by atoms with van der Waals surface area (Å²) in [6.07, 6.45) is 4.37. The van der Waals surface area contributed by atoms with Gasteiger partial charge in [-0.2, -0.15) is 5.10 Å². The molecule has 2 aromatic rings. The Kier molecular flexibility index (Phi) is 5.34. The number of hydrogen-bond donors (Lipinski definition) is 1. The second kappa shape index (κ2) is 7.02. The van der Waals surface area contributed by atoms with Crippen LogP contribution in [0.1, 0.15) is 17.2 Å². The summed E-state index contributed by atoms with van der Waals surface area (Å²) in [6, 6.07) is 7.79. The average molecular weight is 338 g/mol. The molecule has 0 saturated carbocycles. The summed E-state index contributed by atoms with van der Waals surface area (Å²) in [5.41, 5.74) is 2.15. The minimum absolute atomic E-state index is 0.482. The fraction of sp³-hybridized carbons (Fsp3) is 0.400. The average Bonchev–Trinajstić information content (AvgIpc) is 2.82. The maximum atomic E-state index is 10.3. The molecule has 1 aromatic carbocycles. The summed E-state index contributed by atoms with van der Waals surface area (Å²) < 4.78 is 2.76. The predicted octanol–water partition coefficient (Wildman–Crippen LogP) is 2.39. The number of aryl methyl sites for hydroxylation is 1. The van der Waals surface area contributed by atoms with Gasteiger partial charge in [0.25, 0.3) is 0 Å². The summed E-state index contributed by atoms with van der Waals surface area (Å²) in [7, 11) is 3.94. The second-order valence-corrected chi connectivity index (χ2v) is 5.93. The lowest BCUT2D eigenvalue weighted by atomic mass is 10.1. The Labute approximate surface area is 128 Å². The third-order valence-corrected chi connectivity index (χ3v) is 4.01. The van der Waals surface area contributed by atoms with Crippen LogP contribution in [0.2, 0.25) is 0 Å². The molecule has 1 heterocycles. The van der Waals surface area contributed by atoms with E-state index < -0.39 is 6.10 Å². The van der Waals surface area contributed by atoms with Crippen molar-refractivity contribution in [1.29, 1.82) is 0 Å². The van der Waals surface area contributed by atoms with Crippen LogP contribution in [0.4, 0.5) is 0 Å². The van der Waals surface area contributed by atoms with Gasteiger partial charge in [-0.15, -0.1) is 0 Å². The molecule has 0 fully saturated rings. The molecule has 1 N–H and O–H groups in total. The summed E-state index contributed by atoms with van der Waals surface area (Å²) >= 11 is 3.48. The molecule has 0 aliphatic rings. The van der Waals surface area contributed by atoms with E-state index in [-0.39, 0.29) is 0 Å². The first-order valence-electron chi connectivity index (χ1n) is 6.65. The standard InChI is InChI=1S/C15H20BrN3O/c1-18(8-7-12-9-17-19(2)10-12)11-15(20)13-5-3-4-6-14(13)16/h3-6,9-10,15,20H,7-8,11H2,1-2H3. The highest BCUT2D eigenvalue weighted by Gasteiger charge is 2.13. The van der Waals surface area contributed by atoms with Crippen LogP contribution in [0.15, 0.2) is 41.1 Å². The van der Waals surface area contributed by atoms with Gasteiger partial charge >= 0.3 is 0 Å². The first-order chi connectivity index (χ1) is 9.56. The zero-order valence-electron chi connectivity index (χ0n) is 11.8. The SMILES string of the molecule is CN(CCc1cnn(C)c1)CC(O)c1ccccc1Br. The third-order valence-electron chi connectivity index (χ3n) is 3.29. The van der Waals surface area contributed by atoms with Gasteiger partial charge in [0.2, 0.25) is 0 Å². The molecule has 4 nitrogen and oxygen atoms in total. The number of likely N-dealkylation sites (N-methyl/N-ethyl adjacent to an activating group) is 1. The van der Waals surface area contributed by atoms with E-state index in [0.29, 0.717) is 6.54 Å². The van der Waals surface area contributed by atoms with E-state index in [1.54, 1.807) is 0 Å². The molecule has 1 aromatic heterocycles. The van der Waals surface area contributed by atoms with E-state index in [2.05, 4.69) is 25.9 Å². The van der Waals surface area contributed by atoms with E-state index in [0.717, 1.165) is 23.0 Å². The smallest absolute Gasteiger partial charge is 0.0927 e. The van der Waals surface area contributed by atoms with Gasteiger partial charge in [0, 0.05) is 30.8 Å². The van der Waals surface area contributed by atoms with E-state index in [1.165, 1.54) is 5.56 Å². The number of halogens is 1. The van der Waals surface area contributed by atoms with Crippen LogP contribution in [0.25, 0.3) is 0 Å². The summed E-state index contributed by atoms with van der Waals surface area (Å²) in [4.78, 5) is 2.14. The zero-order chi connectivity index (χ0) is 14.5. The van der Waals surface area contributed by atoms with Crippen LogP contribution >= 0.6 is 15.9 Å². The van der Waals surface area contributed by atoms with Crippen LogP contribution in [0, 0.1) is 0 Å². The van der Waals surface area contributed by atoms with Crippen molar-refractivity contribution in [2.45, 2.75) is 12.5 Å². The number of aliphatic hydroxyl groups excluding tert-OH is 1. The van der Waals surface area contributed by atoms with Gasteiger partial charge in [-0.3, -0.25) is 4.68 Å². The number of aromatic nitrogens is 2. The molecule has 1 atom stereocenters. The molecule has 0 saturated heterocycles. The van der Waals surface area contributed by atoms with Gasteiger partial charge in [0.05, 0.1) is 12.3 Å². The molecule has 0 spiro atoms. The molecule has 0 aliphatic carbocycles. The van der Waals surface area contributed by atoms with Crippen molar-refractivity contribution in [3.05, 3.63) is 52.3 Å². The van der Waals surface area contributed by atoms with Gasteiger partial charge in [-0.05, 0) is 30.7 Å². The highest BCUT2D eigenvalue weighted by Crippen LogP contribution is 2.23. The van der Waals surface area contributed by atoms with Crippen LogP contribution in [-0.2, 0) is 13.5 Å². The lowest BCUT2D eigenvalue weighted by Crippen LogP contribution is -2.26. The quantitative estimate of drug-likeness (QED) is 0.879. The molecule has 108 valence electrons. The number of hydrogen-bond acceptors (Lipinski definition) is 3. The monoisotopic (exact) mass is 337 g/mol. The van der Waals surface area contributed by atoms with Crippen molar-refractivity contribution in [2.75, 3.05) is 20.1 Å². The predicted molar refractivity (Wildman–Crippen MR) is 83.5 cm³/mol. The number of rotatable bonds is 6. The molecule has 0 aliphatic heterocycles. The van der Waals surface area contributed by atoms with Gasteiger partial charge in [0.1, 0.15) is 0 Å². The third kappa shape index (κ3) is 4.16. The Balaban J connectivity index is 1.85. The van der Waals surface area contributed by atoms with E-state index in [4.69, 9.17) is 0 Å². The van der Waals surface area contributed by atoms with Crippen molar-refractivity contribution in [3.63, 3.8) is 0 Å². The maximum Gasteiger partial charge on any atom is 0.0927 e. The van der Waals surface area contributed by atoms with Crippen molar-refractivity contribution in [1.82, 2.24) is 14.7 Å². The second-order valence-electron chi connectivity index (χ2n) is 5.07. The Morgan fingerprint density at radius 2 is 2.15 bits per heavy atom. The van der Waals surface area contributed by atoms with Gasteiger partial charge in [-0.1, -0.05) is 34.1 Å². The fourth-order valence-corrected chi connectivity index (χ4v) is 2.70. The lowest BCUT2D eigenvalue weighted by Gasteiger charge is -2.21. The van der Waals surface area contributed by atoms with Crippen LogP contribution < -0.4 is 0 Å². The highest BCUT2D eigenvalue weighted by atomic mass is 79.9. The molecular formula is C15H20BrN3O. The van der Waals surface area contributed by atoms with Crippen molar-refractivity contribution in [3.8, 4) is 0 Å². The number of nitrogens with zero attached hydrogens (tertiary/aromatic N) is 3. The number of aliphatic hydroxyl groups is 1. The van der Waals surface area contributed by atoms with Gasteiger partial charge < -0.3 is 10.0 Å². The topological polar surface area (TPSA) is 41.3 Å². The largest absolute Gasteiger partial charge is 0.387 e. The van der Waals surface area contributed by atoms with Gasteiger partial charge in [0.15, 0.2) is 0 Å². The summed E-state index contributed by atoms with van der Waals surface area (Å²) in [6.45, 7) is 1.51. The van der Waals surface area contributed by atoms with Gasteiger partial charge in [-0.25, -0.2) is 0 Å². The molecular weight excluding hydrogens is 318 g/mol. The lowest BCUT2D eigenvalue weighted by molar-refractivity contribution is 0.127. The van der Waals surface area contributed by atoms with E-state index in [9.17, 15) is 5.11 Å². The van der Waals surface area contributed by atoms with Crippen LogP contribution in [-0.4, -0.2) is 39.9 Å².